The molecule has 1 unspecified atom stereocenters. The number of rotatable bonds is 8. The lowest BCUT2D eigenvalue weighted by Crippen LogP contribution is -2.40. The van der Waals surface area contributed by atoms with Gasteiger partial charge in [0.2, 0.25) is 5.91 Å². The van der Waals surface area contributed by atoms with Crippen LogP contribution in [0.2, 0.25) is 0 Å². The van der Waals surface area contributed by atoms with Crippen LogP contribution in [-0.2, 0) is 11.2 Å². The lowest BCUT2D eigenvalue weighted by Gasteiger charge is -2.17. The molecule has 0 saturated carbocycles. The highest BCUT2D eigenvalue weighted by molar-refractivity contribution is 5.80. The third-order valence-corrected chi connectivity index (χ3v) is 4.43. The largest absolute Gasteiger partial charge is 0.356 e. The standard InChI is InChI=1S/C20H30N4O/c1-3-4-8-12-22-20(21-2)23-15-18-14-19(25)24(16-18)13-11-17-9-6-5-7-10-17/h3-7,9-10,18H,8,11-16H2,1-2H3,(H2,21,22,23)/b4-3+. The Hall–Kier alpha value is -2.30. The zero-order chi connectivity index (χ0) is 17.9. The molecular formula is C20H30N4O. The normalized spacial score (nSPS) is 18.2. The number of guanidine groups is 1. The highest BCUT2D eigenvalue weighted by Crippen LogP contribution is 2.17. The fourth-order valence-corrected chi connectivity index (χ4v) is 3.02. The minimum absolute atomic E-state index is 0.263. The number of carbonyl (C=O) groups excluding carboxylic acids is 1. The number of carbonyl (C=O) groups is 1. The molecule has 2 rings (SSSR count). The number of amides is 1. The van der Waals surface area contributed by atoms with Gasteiger partial charge >= 0.3 is 0 Å². The molecule has 0 aliphatic carbocycles. The third-order valence-electron chi connectivity index (χ3n) is 4.43. The summed E-state index contributed by atoms with van der Waals surface area (Å²) in [5.74, 6) is 1.41. The fraction of sp³-hybridized carbons (Fsp3) is 0.500. The molecule has 1 aliphatic heterocycles. The number of hydrogen-bond acceptors (Lipinski definition) is 2. The van der Waals surface area contributed by atoms with Crippen LogP contribution in [0.4, 0.5) is 0 Å². The Bertz CT molecular complexity index is 583. The van der Waals surface area contributed by atoms with Gasteiger partial charge < -0.3 is 15.5 Å². The van der Waals surface area contributed by atoms with Crippen LogP contribution in [0.25, 0.3) is 0 Å². The van der Waals surface area contributed by atoms with Gasteiger partial charge in [-0.1, -0.05) is 42.5 Å². The molecule has 1 heterocycles. The van der Waals surface area contributed by atoms with Crippen LogP contribution in [0.3, 0.4) is 0 Å². The summed E-state index contributed by atoms with van der Waals surface area (Å²) in [7, 11) is 1.77. The van der Waals surface area contributed by atoms with Crippen LogP contribution in [0, 0.1) is 5.92 Å². The summed E-state index contributed by atoms with van der Waals surface area (Å²) in [5, 5.41) is 6.63. The molecule has 2 N–H and O–H groups in total. The van der Waals surface area contributed by atoms with Crippen molar-refractivity contribution >= 4 is 11.9 Å². The molecule has 0 aromatic heterocycles. The van der Waals surface area contributed by atoms with Crippen molar-refractivity contribution in [2.45, 2.75) is 26.2 Å². The van der Waals surface area contributed by atoms with E-state index in [1.54, 1.807) is 7.05 Å². The molecular weight excluding hydrogens is 312 g/mol. The van der Waals surface area contributed by atoms with E-state index in [1.165, 1.54) is 5.56 Å². The van der Waals surface area contributed by atoms with Crippen molar-refractivity contribution in [3.63, 3.8) is 0 Å². The maximum Gasteiger partial charge on any atom is 0.223 e. The number of allylic oxidation sites excluding steroid dienone is 1. The number of nitrogens with one attached hydrogen (secondary N) is 2. The van der Waals surface area contributed by atoms with Crippen molar-refractivity contribution in [2.24, 2.45) is 10.9 Å². The number of aliphatic imine (C=N–C) groups is 1. The highest BCUT2D eigenvalue weighted by Gasteiger charge is 2.29. The quantitative estimate of drug-likeness (QED) is 0.330. The van der Waals surface area contributed by atoms with E-state index in [1.807, 2.05) is 36.1 Å². The maximum absolute atomic E-state index is 12.2. The Morgan fingerprint density at radius 2 is 2.12 bits per heavy atom. The molecule has 25 heavy (non-hydrogen) atoms. The average Bonchev–Trinajstić information content (AvgIpc) is 3.00. The van der Waals surface area contributed by atoms with E-state index in [-0.39, 0.29) is 5.91 Å². The van der Waals surface area contributed by atoms with Crippen molar-refractivity contribution in [3.8, 4) is 0 Å². The van der Waals surface area contributed by atoms with Gasteiger partial charge in [-0.15, -0.1) is 0 Å². The minimum Gasteiger partial charge on any atom is -0.356 e. The number of hydrogen-bond donors (Lipinski definition) is 2. The first kappa shape index (κ1) is 19.0. The molecule has 0 bridgehead atoms. The Morgan fingerprint density at radius 1 is 1.32 bits per heavy atom. The first-order chi connectivity index (χ1) is 12.2. The SMILES string of the molecule is C/C=C/CCNC(=NC)NCC1CC(=O)N(CCc2ccccc2)C1. The van der Waals surface area contributed by atoms with Crippen LogP contribution >= 0.6 is 0 Å². The first-order valence-electron chi connectivity index (χ1n) is 9.10. The Labute approximate surface area is 151 Å². The second kappa shape index (κ2) is 10.5. The fourth-order valence-electron chi connectivity index (χ4n) is 3.02. The topological polar surface area (TPSA) is 56.7 Å². The van der Waals surface area contributed by atoms with Gasteiger partial charge in [0.05, 0.1) is 0 Å². The molecule has 136 valence electrons. The minimum atomic E-state index is 0.263. The van der Waals surface area contributed by atoms with Crippen LogP contribution in [0.5, 0.6) is 0 Å². The van der Waals surface area contributed by atoms with Gasteiger partial charge in [0, 0.05) is 45.6 Å². The molecule has 0 spiro atoms. The van der Waals surface area contributed by atoms with E-state index in [0.29, 0.717) is 12.3 Å². The molecule has 0 radical (unpaired) electrons. The summed E-state index contributed by atoms with van der Waals surface area (Å²) in [6.45, 7) is 5.28. The summed E-state index contributed by atoms with van der Waals surface area (Å²) in [4.78, 5) is 18.4. The lowest BCUT2D eigenvalue weighted by molar-refractivity contribution is -0.127. The van der Waals surface area contributed by atoms with Crippen LogP contribution in [-0.4, -0.2) is 50.0 Å². The van der Waals surface area contributed by atoms with Crippen molar-refractivity contribution in [3.05, 3.63) is 48.0 Å². The summed E-state index contributed by atoms with van der Waals surface area (Å²) in [5.41, 5.74) is 1.28. The van der Waals surface area contributed by atoms with Gasteiger partial charge in [0.15, 0.2) is 5.96 Å². The number of likely N-dealkylation sites (tertiary alicyclic amines) is 1. The third kappa shape index (κ3) is 6.61. The lowest BCUT2D eigenvalue weighted by atomic mass is 10.1. The monoisotopic (exact) mass is 342 g/mol. The van der Waals surface area contributed by atoms with Gasteiger partial charge in [0.1, 0.15) is 0 Å². The molecule has 1 saturated heterocycles. The van der Waals surface area contributed by atoms with Crippen LogP contribution in [0.1, 0.15) is 25.3 Å². The van der Waals surface area contributed by atoms with E-state index in [4.69, 9.17) is 0 Å². The van der Waals surface area contributed by atoms with Crippen molar-refractivity contribution < 1.29 is 4.79 Å². The molecule has 5 heteroatoms. The summed E-state index contributed by atoms with van der Waals surface area (Å²) < 4.78 is 0. The molecule has 5 nitrogen and oxygen atoms in total. The predicted molar refractivity (Wildman–Crippen MR) is 104 cm³/mol. The van der Waals surface area contributed by atoms with E-state index in [9.17, 15) is 4.79 Å². The zero-order valence-electron chi connectivity index (χ0n) is 15.4. The Kier molecular flexibility index (Phi) is 8.02. The van der Waals surface area contributed by atoms with Gasteiger partial charge in [-0.2, -0.15) is 0 Å². The van der Waals surface area contributed by atoms with Crippen LogP contribution in [0.15, 0.2) is 47.5 Å². The molecule has 1 aliphatic rings. The van der Waals surface area contributed by atoms with Gasteiger partial charge in [-0.3, -0.25) is 9.79 Å². The molecule has 1 fully saturated rings. The van der Waals surface area contributed by atoms with Gasteiger partial charge in [-0.25, -0.2) is 0 Å². The van der Waals surface area contributed by atoms with E-state index < -0.39 is 0 Å². The van der Waals surface area contributed by atoms with E-state index >= 15 is 0 Å². The van der Waals surface area contributed by atoms with Crippen molar-refractivity contribution in [1.82, 2.24) is 15.5 Å². The zero-order valence-corrected chi connectivity index (χ0v) is 15.4. The predicted octanol–water partition coefficient (Wildman–Crippen LogP) is 2.21. The highest BCUT2D eigenvalue weighted by atomic mass is 16.2. The second-order valence-corrected chi connectivity index (χ2v) is 6.38. The molecule has 1 atom stereocenters. The van der Waals surface area contributed by atoms with Crippen LogP contribution < -0.4 is 10.6 Å². The van der Waals surface area contributed by atoms with Gasteiger partial charge in [-0.05, 0) is 25.3 Å². The summed E-state index contributed by atoms with van der Waals surface area (Å²) >= 11 is 0. The molecule has 1 amide bonds. The van der Waals surface area contributed by atoms with E-state index in [2.05, 4.69) is 33.8 Å². The summed E-state index contributed by atoms with van der Waals surface area (Å²) in [6.07, 6.45) is 6.69. The van der Waals surface area contributed by atoms with Crippen molar-refractivity contribution in [1.29, 1.82) is 0 Å². The summed E-state index contributed by atoms with van der Waals surface area (Å²) in [6, 6.07) is 10.3. The second-order valence-electron chi connectivity index (χ2n) is 6.38. The average molecular weight is 342 g/mol. The van der Waals surface area contributed by atoms with E-state index in [0.717, 1.165) is 45.0 Å². The maximum atomic E-state index is 12.2. The molecule has 1 aromatic rings. The number of nitrogens with zero attached hydrogens (tertiary/aromatic N) is 2. The van der Waals surface area contributed by atoms with Gasteiger partial charge in [0.25, 0.3) is 0 Å². The smallest absolute Gasteiger partial charge is 0.223 e. The van der Waals surface area contributed by atoms with Crippen molar-refractivity contribution in [2.75, 3.05) is 33.2 Å². The number of benzene rings is 1. The molecule has 1 aromatic carbocycles. The Morgan fingerprint density at radius 3 is 2.84 bits per heavy atom. The Balaban J connectivity index is 1.70. The first-order valence-corrected chi connectivity index (χ1v) is 9.10.